The van der Waals surface area contributed by atoms with Crippen LogP contribution < -0.4 is 10.1 Å². The lowest BCUT2D eigenvalue weighted by Gasteiger charge is -2.52. The summed E-state index contributed by atoms with van der Waals surface area (Å²) in [4.78, 5) is 13.2. The van der Waals surface area contributed by atoms with Crippen molar-refractivity contribution in [2.75, 3.05) is 7.11 Å². The molecule has 0 saturated carbocycles. The second-order valence-corrected chi connectivity index (χ2v) is 8.95. The minimum Gasteiger partial charge on any atom is -0.493 e. The number of hydrogen-bond donors (Lipinski definition) is 2. The zero-order valence-corrected chi connectivity index (χ0v) is 18.5. The van der Waals surface area contributed by atoms with Crippen molar-refractivity contribution in [3.63, 3.8) is 0 Å². The van der Waals surface area contributed by atoms with Crippen molar-refractivity contribution in [2.24, 2.45) is 0 Å². The first-order valence-electron chi connectivity index (χ1n) is 10.3. The summed E-state index contributed by atoms with van der Waals surface area (Å²) in [6.45, 7) is 3.10. The van der Waals surface area contributed by atoms with Crippen molar-refractivity contribution in [3.8, 4) is 5.75 Å². The van der Waals surface area contributed by atoms with Crippen molar-refractivity contribution in [1.82, 2.24) is 5.32 Å². The second-order valence-electron chi connectivity index (χ2n) is 8.95. The van der Waals surface area contributed by atoms with Gasteiger partial charge in [-0.3, -0.25) is 4.79 Å². The fourth-order valence-electron chi connectivity index (χ4n) is 4.81. The molecule has 174 valence electrons. The van der Waals surface area contributed by atoms with Gasteiger partial charge in [0.05, 0.1) is 18.6 Å². The highest BCUT2D eigenvalue weighted by Gasteiger charge is 2.68. The van der Waals surface area contributed by atoms with Gasteiger partial charge in [-0.2, -0.15) is 4.39 Å². The van der Waals surface area contributed by atoms with E-state index in [-0.39, 0.29) is 16.7 Å². The minimum atomic E-state index is -3.86. The number of carbonyl (C=O) groups excluding carboxylic acids is 1. The van der Waals surface area contributed by atoms with Gasteiger partial charge in [0.2, 0.25) is 5.82 Å². The lowest BCUT2D eigenvalue weighted by molar-refractivity contribution is -0.228. The molecule has 0 bridgehead atoms. The average molecular weight is 461 g/mol. The molecule has 33 heavy (non-hydrogen) atoms. The van der Waals surface area contributed by atoms with E-state index in [0.717, 1.165) is 39.3 Å². The summed E-state index contributed by atoms with van der Waals surface area (Å²) in [7, 11) is 1.04. The largest absolute Gasteiger partial charge is 0.493 e. The van der Waals surface area contributed by atoms with Gasteiger partial charge >= 0.3 is 0 Å². The molecule has 1 aliphatic rings. The molecule has 0 radical (unpaired) electrons. The first-order valence-corrected chi connectivity index (χ1v) is 10.3. The Morgan fingerprint density at radius 1 is 1.06 bits per heavy atom. The van der Waals surface area contributed by atoms with Crippen molar-refractivity contribution in [3.05, 3.63) is 76.9 Å². The number of rotatable bonds is 3. The summed E-state index contributed by atoms with van der Waals surface area (Å²) >= 11 is 0. The molecule has 4 nitrogen and oxygen atoms in total. The molecule has 3 aromatic carbocycles. The van der Waals surface area contributed by atoms with Gasteiger partial charge in [-0.05, 0) is 49.2 Å². The van der Waals surface area contributed by atoms with Gasteiger partial charge in [-0.25, -0.2) is 13.2 Å². The maximum Gasteiger partial charge on any atom is 0.287 e. The molecule has 8 heteroatoms. The van der Waals surface area contributed by atoms with Gasteiger partial charge in [0.1, 0.15) is 0 Å². The molecule has 3 aromatic rings. The molecular formula is C25H23F4NO3. The van der Waals surface area contributed by atoms with Gasteiger partial charge in [0.25, 0.3) is 11.8 Å². The van der Waals surface area contributed by atoms with Crippen LogP contribution in [0.15, 0.2) is 48.5 Å². The van der Waals surface area contributed by atoms with Gasteiger partial charge < -0.3 is 15.2 Å². The van der Waals surface area contributed by atoms with Gasteiger partial charge in [0, 0.05) is 11.1 Å². The highest BCUT2D eigenvalue weighted by atomic mass is 19.3. The summed E-state index contributed by atoms with van der Waals surface area (Å²) in [5.74, 6) is -8.05. The normalized spacial score (nSPS) is 23.1. The van der Waals surface area contributed by atoms with E-state index < -0.39 is 46.3 Å². The molecule has 0 heterocycles. The number of fused-ring (bicyclic) bond motifs is 2. The van der Waals surface area contributed by atoms with E-state index >= 15 is 8.78 Å². The fourth-order valence-corrected chi connectivity index (χ4v) is 4.81. The average Bonchev–Trinajstić information content (AvgIpc) is 2.77. The third-order valence-corrected chi connectivity index (χ3v) is 6.64. The fraction of sp³-hybridized carbons (Fsp3) is 0.320. The van der Waals surface area contributed by atoms with E-state index in [1.807, 2.05) is 0 Å². The molecule has 1 amide bonds. The highest BCUT2D eigenvalue weighted by Crippen LogP contribution is 2.59. The van der Waals surface area contributed by atoms with Crippen LogP contribution in [-0.4, -0.2) is 29.6 Å². The van der Waals surface area contributed by atoms with Gasteiger partial charge in [0.15, 0.2) is 17.2 Å². The second kappa shape index (κ2) is 7.45. The zero-order chi connectivity index (χ0) is 24.3. The molecule has 4 rings (SSSR count). The molecule has 2 unspecified atom stereocenters. The maximum absolute atomic E-state index is 15.7. The van der Waals surface area contributed by atoms with Crippen LogP contribution in [0.25, 0.3) is 10.8 Å². The van der Waals surface area contributed by atoms with Gasteiger partial charge in [-0.15, -0.1) is 0 Å². The molecule has 0 aromatic heterocycles. The van der Waals surface area contributed by atoms with E-state index in [9.17, 15) is 18.7 Å². The number of benzene rings is 3. The summed E-state index contributed by atoms with van der Waals surface area (Å²) in [6.07, 6.45) is 0. The van der Waals surface area contributed by atoms with Crippen molar-refractivity contribution < 1.29 is 32.2 Å². The number of amides is 1. The van der Waals surface area contributed by atoms with Crippen LogP contribution in [0.5, 0.6) is 5.75 Å². The summed E-state index contributed by atoms with van der Waals surface area (Å²) in [6, 6.07) is 10.9. The summed E-state index contributed by atoms with van der Waals surface area (Å²) in [5.41, 5.74) is -5.29. The first kappa shape index (κ1) is 23.0. The SMILES string of the molecule is COc1c(F)c(F)cc2c1C(C)(C)C(F)(F)C(C)(O)C2NC(=O)c1cccc2ccccc12. The van der Waals surface area contributed by atoms with Gasteiger partial charge in [-0.1, -0.05) is 36.4 Å². The van der Waals surface area contributed by atoms with E-state index in [4.69, 9.17) is 4.74 Å². The molecule has 0 fully saturated rings. The third-order valence-electron chi connectivity index (χ3n) is 6.64. The zero-order valence-electron chi connectivity index (χ0n) is 18.5. The number of ether oxygens (including phenoxy) is 1. The number of alkyl halides is 2. The first-order chi connectivity index (χ1) is 15.4. The summed E-state index contributed by atoms with van der Waals surface area (Å²) in [5, 5.41) is 14.8. The predicted octanol–water partition coefficient (Wildman–Crippen LogP) is 5.28. The molecular weight excluding hydrogens is 438 g/mol. The standard InChI is InChI=1S/C25H23F4NO3/c1-23(2)18-16(12-17(26)19(27)20(18)33-4)21(24(3,32)25(23,28)29)30-22(31)15-11-7-9-13-8-5-6-10-14(13)15/h5-12,21,32H,1-4H3,(H,30,31). The lowest BCUT2D eigenvalue weighted by Crippen LogP contribution is -2.66. The quantitative estimate of drug-likeness (QED) is 0.522. The minimum absolute atomic E-state index is 0.180. The van der Waals surface area contributed by atoms with E-state index in [1.165, 1.54) is 6.07 Å². The lowest BCUT2D eigenvalue weighted by atomic mass is 9.61. The molecule has 0 saturated heterocycles. The molecule has 1 aliphatic carbocycles. The number of hydrogen-bond acceptors (Lipinski definition) is 3. The Balaban J connectivity index is 1.93. The Bertz CT molecular complexity index is 1260. The van der Waals surface area contributed by atoms with Crippen LogP contribution in [0.3, 0.4) is 0 Å². The number of methoxy groups -OCH3 is 1. The van der Waals surface area contributed by atoms with Crippen LogP contribution in [0.4, 0.5) is 17.6 Å². The van der Waals surface area contributed by atoms with Crippen molar-refractivity contribution in [2.45, 2.75) is 43.8 Å². The predicted molar refractivity (Wildman–Crippen MR) is 116 cm³/mol. The molecule has 0 aliphatic heterocycles. The Kier molecular flexibility index (Phi) is 5.20. The van der Waals surface area contributed by atoms with E-state index in [1.54, 1.807) is 36.4 Å². The van der Waals surface area contributed by atoms with Crippen LogP contribution in [0.1, 0.15) is 48.3 Å². The Labute approximate surface area is 188 Å². The topological polar surface area (TPSA) is 58.6 Å². The Morgan fingerprint density at radius 2 is 1.70 bits per heavy atom. The van der Waals surface area contributed by atoms with Crippen molar-refractivity contribution in [1.29, 1.82) is 0 Å². The number of halogens is 4. The summed E-state index contributed by atoms with van der Waals surface area (Å²) < 4.78 is 65.3. The maximum atomic E-state index is 15.7. The Morgan fingerprint density at radius 3 is 2.36 bits per heavy atom. The molecule has 0 spiro atoms. The smallest absolute Gasteiger partial charge is 0.287 e. The Hall–Kier alpha value is -3.13. The van der Waals surface area contributed by atoms with E-state index in [0.29, 0.717) is 5.39 Å². The van der Waals surface area contributed by atoms with Crippen LogP contribution in [0, 0.1) is 11.6 Å². The number of aliphatic hydroxyl groups is 1. The number of nitrogens with one attached hydrogen (secondary N) is 1. The monoisotopic (exact) mass is 461 g/mol. The van der Waals surface area contributed by atoms with E-state index in [2.05, 4.69) is 5.32 Å². The van der Waals surface area contributed by atoms with Crippen molar-refractivity contribution >= 4 is 16.7 Å². The highest BCUT2D eigenvalue weighted by molar-refractivity contribution is 6.07. The molecule has 2 N–H and O–H groups in total. The third kappa shape index (κ3) is 3.11. The van der Waals surface area contributed by atoms with Crippen LogP contribution in [-0.2, 0) is 5.41 Å². The number of carbonyl (C=O) groups is 1. The molecule has 2 atom stereocenters. The van der Waals surface area contributed by atoms with Crippen LogP contribution >= 0.6 is 0 Å². The van der Waals surface area contributed by atoms with Crippen LogP contribution in [0.2, 0.25) is 0 Å².